The van der Waals surface area contributed by atoms with Gasteiger partial charge in [0.1, 0.15) is 11.5 Å². The van der Waals surface area contributed by atoms with Crippen LogP contribution < -0.4 is 0 Å². The van der Waals surface area contributed by atoms with Crippen molar-refractivity contribution in [2.75, 3.05) is 0 Å². The van der Waals surface area contributed by atoms with Crippen LogP contribution in [0.2, 0.25) is 5.02 Å². The molecular formula is C15H11ClFNO3. The van der Waals surface area contributed by atoms with Gasteiger partial charge in [-0.15, -0.1) is 0 Å². The minimum Gasteiger partial charge on any atom is -0.481 e. The highest BCUT2D eigenvalue weighted by molar-refractivity contribution is 6.35. The number of hydrogen-bond donors (Lipinski definition) is 1. The van der Waals surface area contributed by atoms with Crippen LogP contribution in [0.3, 0.4) is 0 Å². The van der Waals surface area contributed by atoms with Gasteiger partial charge in [0, 0.05) is 17.8 Å². The van der Waals surface area contributed by atoms with Crippen LogP contribution in [0.25, 0.3) is 0 Å². The molecule has 0 spiro atoms. The first kappa shape index (κ1) is 13.8. The Kier molecular flexibility index (Phi) is 3.29. The highest BCUT2D eigenvalue weighted by atomic mass is 35.5. The van der Waals surface area contributed by atoms with Crippen LogP contribution in [0.1, 0.15) is 34.1 Å². The van der Waals surface area contributed by atoms with Crippen LogP contribution in [0, 0.1) is 5.82 Å². The normalized spacial score (nSPS) is 16.8. The number of nitrogens with zero attached hydrogens (tertiary/aromatic N) is 1. The molecule has 1 aromatic heterocycles. The van der Waals surface area contributed by atoms with Crippen LogP contribution in [0.15, 0.2) is 30.3 Å². The number of fused-ring (bicyclic) bond motifs is 1. The maximum Gasteiger partial charge on any atom is 0.312 e. The van der Waals surface area contributed by atoms with E-state index in [1.54, 1.807) is 4.57 Å². The van der Waals surface area contributed by atoms with Crippen molar-refractivity contribution in [2.45, 2.75) is 18.9 Å². The molecule has 0 radical (unpaired) electrons. The molecule has 1 aromatic carbocycles. The van der Waals surface area contributed by atoms with Gasteiger partial charge in [0.05, 0.1) is 10.9 Å². The van der Waals surface area contributed by atoms with Gasteiger partial charge >= 0.3 is 5.97 Å². The van der Waals surface area contributed by atoms with Gasteiger partial charge in [0.25, 0.3) is 0 Å². The van der Waals surface area contributed by atoms with E-state index < -0.39 is 23.5 Å². The Hall–Kier alpha value is -2.14. The van der Waals surface area contributed by atoms with Crippen molar-refractivity contribution in [1.29, 1.82) is 0 Å². The average Bonchev–Trinajstić information content (AvgIpc) is 2.95. The number of aliphatic carboxylic acids is 1. The van der Waals surface area contributed by atoms with Crippen molar-refractivity contribution in [3.05, 3.63) is 58.1 Å². The van der Waals surface area contributed by atoms with E-state index in [9.17, 15) is 14.0 Å². The molecule has 4 nitrogen and oxygen atoms in total. The van der Waals surface area contributed by atoms with Gasteiger partial charge in [0.15, 0.2) is 0 Å². The first-order valence-corrected chi connectivity index (χ1v) is 6.79. The van der Waals surface area contributed by atoms with Gasteiger partial charge in [-0.05, 0) is 24.6 Å². The molecule has 0 amide bonds. The monoisotopic (exact) mass is 307 g/mol. The zero-order valence-electron chi connectivity index (χ0n) is 10.8. The summed E-state index contributed by atoms with van der Waals surface area (Å²) in [4.78, 5) is 23.7. The SMILES string of the molecule is O=C(c1cccc(F)c1)c1c(Cl)cc2n1CCC2C(=O)O. The van der Waals surface area contributed by atoms with Crippen molar-refractivity contribution in [3.63, 3.8) is 0 Å². The van der Waals surface area contributed by atoms with Gasteiger partial charge in [-0.1, -0.05) is 23.7 Å². The number of carbonyl (C=O) groups excluding carboxylic acids is 1. The molecule has 1 atom stereocenters. The number of rotatable bonds is 3. The number of carboxylic acids is 1. The van der Waals surface area contributed by atoms with Crippen molar-refractivity contribution in [3.8, 4) is 0 Å². The first-order valence-electron chi connectivity index (χ1n) is 6.41. The average molecular weight is 308 g/mol. The molecule has 0 aliphatic carbocycles. The first-order chi connectivity index (χ1) is 9.99. The van der Waals surface area contributed by atoms with E-state index in [0.717, 1.165) is 6.07 Å². The Balaban J connectivity index is 2.07. The zero-order valence-corrected chi connectivity index (χ0v) is 11.6. The Bertz CT molecular complexity index is 753. The van der Waals surface area contributed by atoms with Crippen molar-refractivity contribution in [1.82, 2.24) is 4.57 Å². The summed E-state index contributed by atoms with van der Waals surface area (Å²) in [5, 5.41) is 9.36. The lowest BCUT2D eigenvalue weighted by Crippen LogP contribution is -2.10. The summed E-state index contributed by atoms with van der Waals surface area (Å²) in [5.74, 6) is -2.50. The Labute approximate surface area is 124 Å². The molecule has 1 N–H and O–H groups in total. The third-order valence-corrected chi connectivity index (χ3v) is 3.97. The summed E-state index contributed by atoms with van der Waals surface area (Å²) < 4.78 is 14.9. The fraction of sp³-hybridized carbons (Fsp3) is 0.200. The van der Waals surface area contributed by atoms with E-state index in [1.165, 1.54) is 24.3 Å². The van der Waals surface area contributed by atoms with Crippen LogP contribution >= 0.6 is 11.6 Å². The molecule has 108 valence electrons. The lowest BCUT2D eigenvalue weighted by Gasteiger charge is -2.06. The molecule has 21 heavy (non-hydrogen) atoms. The van der Waals surface area contributed by atoms with Crippen LogP contribution in [0.5, 0.6) is 0 Å². The molecule has 0 saturated heterocycles. The van der Waals surface area contributed by atoms with E-state index in [4.69, 9.17) is 16.7 Å². The fourth-order valence-electron chi connectivity index (χ4n) is 2.72. The molecule has 0 fully saturated rings. The van der Waals surface area contributed by atoms with Crippen LogP contribution in [-0.4, -0.2) is 21.4 Å². The predicted molar refractivity (Wildman–Crippen MR) is 74.3 cm³/mol. The van der Waals surface area contributed by atoms with Crippen molar-refractivity contribution in [2.24, 2.45) is 0 Å². The number of ketones is 1. The summed E-state index contributed by atoms with van der Waals surface area (Å²) >= 11 is 6.09. The molecule has 3 rings (SSSR count). The van der Waals surface area contributed by atoms with Crippen molar-refractivity contribution >= 4 is 23.4 Å². The minimum atomic E-state index is -0.937. The van der Waals surface area contributed by atoms with E-state index in [2.05, 4.69) is 0 Å². The van der Waals surface area contributed by atoms with Gasteiger partial charge in [-0.3, -0.25) is 9.59 Å². The molecule has 6 heteroatoms. The largest absolute Gasteiger partial charge is 0.481 e. The molecule has 1 aliphatic heterocycles. The Morgan fingerprint density at radius 1 is 1.33 bits per heavy atom. The van der Waals surface area contributed by atoms with Gasteiger partial charge < -0.3 is 9.67 Å². The van der Waals surface area contributed by atoms with Crippen molar-refractivity contribution < 1.29 is 19.1 Å². The molecular weight excluding hydrogens is 297 g/mol. The second-order valence-electron chi connectivity index (χ2n) is 4.94. The number of carboxylic acid groups (broad SMARTS) is 1. The Morgan fingerprint density at radius 2 is 2.10 bits per heavy atom. The fourth-order valence-corrected chi connectivity index (χ4v) is 3.02. The van der Waals surface area contributed by atoms with Crippen LogP contribution in [0.4, 0.5) is 4.39 Å². The maximum absolute atomic E-state index is 13.2. The number of aromatic nitrogens is 1. The summed E-state index contributed by atoms with van der Waals surface area (Å²) in [6, 6.07) is 6.86. The van der Waals surface area contributed by atoms with Gasteiger partial charge in [-0.2, -0.15) is 0 Å². The highest BCUT2D eigenvalue weighted by Gasteiger charge is 2.33. The zero-order chi connectivity index (χ0) is 15.1. The quantitative estimate of drug-likeness (QED) is 0.887. The smallest absolute Gasteiger partial charge is 0.312 e. The van der Waals surface area contributed by atoms with E-state index >= 15 is 0 Å². The molecule has 0 saturated carbocycles. The third kappa shape index (κ3) is 2.23. The summed E-state index contributed by atoms with van der Waals surface area (Å²) in [5.41, 5.74) is 0.935. The molecule has 2 heterocycles. The Morgan fingerprint density at radius 3 is 2.76 bits per heavy atom. The second kappa shape index (κ2) is 5.00. The molecule has 1 unspecified atom stereocenters. The van der Waals surface area contributed by atoms with E-state index in [0.29, 0.717) is 18.7 Å². The molecule has 0 bridgehead atoms. The molecule has 1 aliphatic rings. The third-order valence-electron chi connectivity index (χ3n) is 3.68. The molecule has 2 aromatic rings. The lowest BCUT2D eigenvalue weighted by atomic mass is 10.1. The minimum absolute atomic E-state index is 0.191. The second-order valence-corrected chi connectivity index (χ2v) is 5.34. The summed E-state index contributed by atoms with van der Waals surface area (Å²) in [6.45, 7) is 0.412. The summed E-state index contributed by atoms with van der Waals surface area (Å²) in [7, 11) is 0. The maximum atomic E-state index is 13.2. The standard InChI is InChI=1S/C15H11ClFNO3/c16-11-7-12-10(15(20)21)4-5-18(12)13(11)14(19)8-2-1-3-9(17)6-8/h1-3,6-7,10H,4-5H2,(H,20,21). The van der Waals surface area contributed by atoms with E-state index in [-0.39, 0.29) is 16.3 Å². The number of hydrogen-bond acceptors (Lipinski definition) is 2. The van der Waals surface area contributed by atoms with Crippen LogP contribution in [-0.2, 0) is 11.3 Å². The number of benzene rings is 1. The van der Waals surface area contributed by atoms with E-state index in [1.807, 2.05) is 0 Å². The highest BCUT2D eigenvalue weighted by Crippen LogP contribution is 2.36. The number of carbonyl (C=O) groups is 2. The topological polar surface area (TPSA) is 59.3 Å². The van der Waals surface area contributed by atoms with Gasteiger partial charge in [0.2, 0.25) is 5.78 Å². The summed E-state index contributed by atoms with van der Waals surface area (Å²) in [6.07, 6.45) is 0.422. The van der Waals surface area contributed by atoms with Gasteiger partial charge in [-0.25, -0.2) is 4.39 Å². The lowest BCUT2D eigenvalue weighted by molar-refractivity contribution is -0.138. The predicted octanol–water partition coefficient (Wildman–Crippen LogP) is 3.08. The number of halogens is 2.